The van der Waals surface area contributed by atoms with Gasteiger partial charge in [0.25, 0.3) is 0 Å². The van der Waals surface area contributed by atoms with Gasteiger partial charge in [0.05, 0.1) is 12.1 Å². The van der Waals surface area contributed by atoms with E-state index in [9.17, 15) is 18.4 Å². The molecule has 7 heteroatoms. The first-order valence-corrected chi connectivity index (χ1v) is 6.10. The molecule has 2 rings (SSSR count). The van der Waals surface area contributed by atoms with Crippen LogP contribution in [0.25, 0.3) is 0 Å². The van der Waals surface area contributed by atoms with E-state index in [1.54, 1.807) is 0 Å². The summed E-state index contributed by atoms with van der Waals surface area (Å²) in [6.45, 7) is -0.226. The Balaban J connectivity index is 1.93. The third-order valence-electron chi connectivity index (χ3n) is 3.09. The molecule has 20 heavy (non-hydrogen) atoms. The molecule has 0 aliphatic heterocycles. The molecule has 3 N–H and O–H groups in total. The average molecular weight is 283 g/mol. The standard InChI is InChI=1S/C13H15F2N3O2/c1-18(12(20)13(16)2-3-13)7-11(19)17-10-5-8(14)4-9(15)6-10/h4-6H,2-3,7,16H2,1H3,(H,17,19). The van der Waals surface area contributed by atoms with Crippen molar-refractivity contribution in [3.8, 4) is 0 Å². The molecular weight excluding hydrogens is 268 g/mol. The minimum atomic E-state index is -0.847. The van der Waals surface area contributed by atoms with E-state index in [1.807, 2.05) is 0 Å². The number of rotatable bonds is 4. The van der Waals surface area contributed by atoms with Gasteiger partial charge in [-0.1, -0.05) is 0 Å². The van der Waals surface area contributed by atoms with Gasteiger partial charge in [-0.3, -0.25) is 9.59 Å². The molecule has 5 nitrogen and oxygen atoms in total. The number of benzene rings is 1. The molecule has 1 aromatic rings. The van der Waals surface area contributed by atoms with Gasteiger partial charge in [-0.05, 0) is 25.0 Å². The smallest absolute Gasteiger partial charge is 0.243 e. The van der Waals surface area contributed by atoms with Crippen LogP contribution in [0, 0.1) is 11.6 Å². The predicted molar refractivity (Wildman–Crippen MR) is 68.8 cm³/mol. The lowest BCUT2D eigenvalue weighted by atomic mass is 10.2. The number of nitrogens with one attached hydrogen (secondary N) is 1. The normalized spacial score (nSPS) is 15.6. The molecule has 0 bridgehead atoms. The van der Waals surface area contributed by atoms with Crippen LogP contribution < -0.4 is 11.1 Å². The topological polar surface area (TPSA) is 75.4 Å². The maximum Gasteiger partial charge on any atom is 0.243 e. The first-order valence-electron chi connectivity index (χ1n) is 6.10. The van der Waals surface area contributed by atoms with Gasteiger partial charge in [-0.2, -0.15) is 0 Å². The Bertz CT molecular complexity index is 538. The van der Waals surface area contributed by atoms with Gasteiger partial charge < -0.3 is 16.0 Å². The number of amides is 2. The molecule has 1 aliphatic carbocycles. The quantitative estimate of drug-likeness (QED) is 0.860. The molecule has 1 aliphatic rings. The highest BCUT2D eigenvalue weighted by atomic mass is 19.1. The molecule has 1 fully saturated rings. The first kappa shape index (κ1) is 14.4. The van der Waals surface area contributed by atoms with Crippen LogP contribution >= 0.6 is 0 Å². The fourth-order valence-electron chi connectivity index (χ4n) is 1.84. The van der Waals surface area contributed by atoms with Crippen molar-refractivity contribution >= 4 is 17.5 Å². The SMILES string of the molecule is CN(CC(=O)Nc1cc(F)cc(F)c1)C(=O)C1(N)CC1. The highest BCUT2D eigenvalue weighted by Gasteiger charge is 2.47. The van der Waals surface area contributed by atoms with E-state index < -0.39 is 23.1 Å². The third-order valence-corrected chi connectivity index (χ3v) is 3.09. The molecule has 2 amide bonds. The van der Waals surface area contributed by atoms with Crippen molar-refractivity contribution in [2.45, 2.75) is 18.4 Å². The van der Waals surface area contributed by atoms with E-state index in [1.165, 1.54) is 11.9 Å². The van der Waals surface area contributed by atoms with E-state index in [0.717, 1.165) is 12.1 Å². The monoisotopic (exact) mass is 283 g/mol. The molecular formula is C13H15F2N3O2. The number of carbonyl (C=O) groups excluding carboxylic acids is 2. The maximum absolute atomic E-state index is 13.0. The Morgan fingerprint density at radius 3 is 2.35 bits per heavy atom. The summed E-state index contributed by atoms with van der Waals surface area (Å²) in [6.07, 6.45) is 1.21. The molecule has 0 atom stereocenters. The Morgan fingerprint density at radius 2 is 1.85 bits per heavy atom. The van der Waals surface area contributed by atoms with Crippen LogP contribution in [0.15, 0.2) is 18.2 Å². The molecule has 0 saturated heterocycles. The molecule has 0 unspecified atom stereocenters. The Kier molecular flexibility index (Phi) is 3.71. The van der Waals surface area contributed by atoms with Crippen molar-refractivity contribution in [2.24, 2.45) is 5.73 Å². The van der Waals surface area contributed by atoms with E-state index in [2.05, 4.69) is 5.32 Å². The van der Waals surface area contributed by atoms with Crippen molar-refractivity contribution < 1.29 is 18.4 Å². The number of carbonyl (C=O) groups is 2. The molecule has 0 radical (unpaired) electrons. The maximum atomic E-state index is 13.0. The van der Waals surface area contributed by atoms with Gasteiger partial charge in [0.2, 0.25) is 11.8 Å². The third kappa shape index (κ3) is 3.30. The summed E-state index contributed by atoms with van der Waals surface area (Å²) in [4.78, 5) is 24.7. The van der Waals surface area contributed by atoms with Crippen molar-refractivity contribution in [1.29, 1.82) is 0 Å². The van der Waals surface area contributed by atoms with Crippen LogP contribution in [0.2, 0.25) is 0 Å². The molecule has 0 heterocycles. The van der Waals surface area contributed by atoms with Crippen molar-refractivity contribution in [2.75, 3.05) is 18.9 Å². The summed E-state index contributed by atoms with van der Waals surface area (Å²) in [6, 6.07) is 2.69. The predicted octanol–water partition coefficient (Wildman–Crippen LogP) is 0.853. The lowest BCUT2D eigenvalue weighted by molar-refractivity contribution is -0.135. The number of hydrogen-bond acceptors (Lipinski definition) is 3. The van der Waals surface area contributed by atoms with Crippen molar-refractivity contribution in [1.82, 2.24) is 4.90 Å². The summed E-state index contributed by atoms with van der Waals surface area (Å²) in [5.74, 6) is -2.43. The molecule has 1 aromatic carbocycles. The Labute approximate surface area is 114 Å². The molecule has 0 spiro atoms. The summed E-state index contributed by atoms with van der Waals surface area (Å²) >= 11 is 0. The minimum absolute atomic E-state index is 0.00207. The van der Waals surface area contributed by atoms with Crippen LogP contribution in [-0.2, 0) is 9.59 Å². The second-order valence-electron chi connectivity index (χ2n) is 5.02. The number of likely N-dealkylation sites (N-methyl/N-ethyl adjacent to an activating group) is 1. The van der Waals surface area contributed by atoms with Crippen LogP contribution in [0.3, 0.4) is 0 Å². The van der Waals surface area contributed by atoms with Gasteiger partial charge in [0, 0.05) is 18.8 Å². The van der Waals surface area contributed by atoms with E-state index in [4.69, 9.17) is 5.73 Å². The zero-order chi connectivity index (χ0) is 14.9. The van der Waals surface area contributed by atoms with Crippen molar-refractivity contribution in [3.63, 3.8) is 0 Å². The molecule has 0 aromatic heterocycles. The highest BCUT2D eigenvalue weighted by Crippen LogP contribution is 2.33. The Hall–Kier alpha value is -2.02. The number of hydrogen-bond donors (Lipinski definition) is 2. The van der Waals surface area contributed by atoms with Gasteiger partial charge in [0.1, 0.15) is 11.6 Å². The minimum Gasteiger partial charge on any atom is -0.335 e. The highest BCUT2D eigenvalue weighted by molar-refractivity contribution is 5.96. The summed E-state index contributed by atoms with van der Waals surface area (Å²) in [7, 11) is 1.46. The van der Waals surface area contributed by atoms with Crippen LogP contribution in [-0.4, -0.2) is 35.8 Å². The zero-order valence-corrected chi connectivity index (χ0v) is 11.0. The number of anilines is 1. The first-order chi connectivity index (χ1) is 9.30. The number of halogens is 2. The molecule has 108 valence electrons. The van der Waals surface area contributed by atoms with Crippen LogP contribution in [0.5, 0.6) is 0 Å². The summed E-state index contributed by atoms with van der Waals surface area (Å²) < 4.78 is 25.9. The van der Waals surface area contributed by atoms with Crippen molar-refractivity contribution in [3.05, 3.63) is 29.8 Å². The lowest BCUT2D eigenvalue weighted by Crippen LogP contribution is -2.46. The summed E-state index contributed by atoms with van der Waals surface area (Å²) in [5, 5.41) is 2.33. The second-order valence-corrected chi connectivity index (χ2v) is 5.02. The summed E-state index contributed by atoms with van der Waals surface area (Å²) in [5.41, 5.74) is 4.89. The van der Waals surface area contributed by atoms with Gasteiger partial charge in [-0.15, -0.1) is 0 Å². The largest absolute Gasteiger partial charge is 0.335 e. The number of nitrogens with two attached hydrogens (primary N) is 1. The van der Waals surface area contributed by atoms with Gasteiger partial charge in [0.15, 0.2) is 0 Å². The second kappa shape index (κ2) is 5.16. The van der Waals surface area contributed by atoms with Crippen LogP contribution in [0.1, 0.15) is 12.8 Å². The number of nitrogens with zero attached hydrogens (tertiary/aromatic N) is 1. The van der Waals surface area contributed by atoms with E-state index in [0.29, 0.717) is 18.9 Å². The fourth-order valence-corrected chi connectivity index (χ4v) is 1.84. The Morgan fingerprint density at radius 1 is 1.30 bits per heavy atom. The van der Waals surface area contributed by atoms with Gasteiger partial charge in [-0.25, -0.2) is 8.78 Å². The van der Waals surface area contributed by atoms with Gasteiger partial charge >= 0.3 is 0 Å². The molecule has 1 saturated carbocycles. The van der Waals surface area contributed by atoms with E-state index >= 15 is 0 Å². The van der Waals surface area contributed by atoms with Crippen LogP contribution in [0.4, 0.5) is 14.5 Å². The zero-order valence-electron chi connectivity index (χ0n) is 11.0. The fraction of sp³-hybridized carbons (Fsp3) is 0.385. The average Bonchev–Trinajstić information content (AvgIpc) is 3.05. The van der Waals surface area contributed by atoms with E-state index in [-0.39, 0.29) is 18.1 Å². The lowest BCUT2D eigenvalue weighted by Gasteiger charge is -2.20.